The van der Waals surface area contributed by atoms with Gasteiger partial charge < -0.3 is 20.7 Å². The molecule has 0 unspecified atom stereocenters. The van der Waals surface area contributed by atoms with Crippen molar-refractivity contribution < 1.29 is 22.7 Å². The highest BCUT2D eigenvalue weighted by Crippen LogP contribution is 2.18. The van der Waals surface area contributed by atoms with Gasteiger partial charge in [0.2, 0.25) is 0 Å². The lowest BCUT2D eigenvalue weighted by Crippen LogP contribution is -2.19. The molecule has 0 saturated carbocycles. The number of aromatic nitrogens is 1. The zero-order valence-electron chi connectivity index (χ0n) is 20.5. The van der Waals surface area contributed by atoms with E-state index in [2.05, 4.69) is 30.4 Å². The predicted octanol–water partition coefficient (Wildman–Crippen LogP) is 4.05. The molecule has 12 heteroatoms. The Labute approximate surface area is 225 Å². The summed E-state index contributed by atoms with van der Waals surface area (Å²) in [5, 5.41) is 9.03. The largest absolute Gasteiger partial charge is 0.466 e. The molecule has 3 rings (SSSR count). The number of nitrogens with zero attached hydrogens (tertiary/aromatic N) is 1. The molecular formula is C26H25N5O5S2. The number of esters is 1. The number of carbonyl (C=O) groups is 2. The van der Waals surface area contributed by atoms with Crippen LogP contribution in [0.4, 0.5) is 17.2 Å². The van der Waals surface area contributed by atoms with Gasteiger partial charge in [0.25, 0.3) is 10.0 Å². The summed E-state index contributed by atoms with van der Waals surface area (Å²) in [5.74, 6) is -0.545. The fraction of sp³-hybridized carbons (Fsp3) is 0.0769. The predicted molar refractivity (Wildman–Crippen MR) is 150 cm³/mol. The quantitative estimate of drug-likeness (QED) is 0.126. The number of anilines is 3. The molecule has 0 amide bonds. The summed E-state index contributed by atoms with van der Waals surface area (Å²) in [5.41, 5.74) is 2.08. The third-order valence-corrected chi connectivity index (χ3v) is 6.39. The number of allylic oxidation sites excluding steroid dienone is 2. The van der Waals surface area contributed by atoms with Crippen LogP contribution in [0.3, 0.4) is 0 Å². The molecule has 10 nitrogen and oxygen atoms in total. The number of hydrogen-bond acceptors (Lipinski definition) is 8. The maximum absolute atomic E-state index is 12.5. The molecule has 2 aromatic carbocycles. The fourth-order valence-corrected chi connectivity index (χ4v) is 4.25. The first-order valence-electron chi connectivity index (χ1n) is 11.1. The Morgan fingerprint density at radius 2 is 1.71 bits per heavy atom. The van der Waals surface area contributed by atoms with Gasteiger partial charge in [-0.2, -0.15) is 0 Å². The summed E-state index contributed by atoms with van der Waals surface area (Å²) in [4.78, 5) is 27.7. The third-order valence-electron chi connectivity index (χ3n) is 4.81. The van der Waals surface area contributed by atoms with Gasteiger partial charge in [-0.25, -0.2) is 18.2 Å². The van der Waals surface area contributed by atoms with E-state index in [1.807, 2.05) is 0 Å². The van der Waals surface area contributed by atoms with Gasteiger partial charge in [0, 0.05) is 47.2 Å². The fourth-order valence-electron chi connectivity index (χ4n) is 3.00. The van der Waals surface area contributed by atoms with Crippen LogP contribution >= 0.6 is 12.2 Å². The van der Waals surface area contributed by atoms with Gasteiger partial charge in [-0.1, -0.05) is 18.2 Å². The smallest absolute Gasteiger partial charge is 0.332 e. The highest BCUT2D eigenvalue weighted by molar-refractivity contribution is 7.92. The van der Waals surface area contributed by atoms with Crippen molar-refractivity contribution in [1.29, 1.82) is 0 Å². The lowest BCUT2D eigenvalue weighted by atomic mass is 10.1. The molecule has 38 heavy (non-hydrogen) atoms. The normalized spacial score (nSPS) is 11.5. The Balaban J connectivity index is 1.57. The van der Waals surface area contributed by atoms with Gasteiger partial charge in [-0.15, -0.1) is 0 Å². The van der Waals surface area contributed by atoms with Gasteiger partial charge in [0.15, 0.2) is 10.9 Å². The Kier molecular flexibility index (Phi) is 9.68. The number of ether oxygens (including phenoxy) is 1. The van der Waals surface area contributed by atoms with Crippen LogP contribution in [0.5, 0.6) is 0 Å². The first kappa shape index (κ1) is 28.0. The van der Waals surface area contributed by atoms with Gasteiger partial charge in [0.1, 0.15) is 5.82 Å². The van der Waals surface area contributed by atoms with Crippen LogP contribution in [0.2, 0.25) is 0 Å². The summed E-state index contributed by atoms with van der Waals surface area (Å²) in [7, 11) is -2.51. The monoisotopic (exact) mass is 551 g/mol. The van der Waals surface area contributed by atoms with Crippen molar-refractivity contribution >= 4 is 56.3 Å². The first-order chi connectivity index (χ1) is 18.2. The molecular weight excluding hydrogens is 526 g/mol. The van der Waals surface area contributed by atoms with E-state index in [-0.39, 0.29) is 21.6 Å². The summed E-state index contributed by atoms with van der Waals surface area (Å²) >= 11 is 5.35. The zero-order chi connectivity index (χ0) is 27.5. The average molecular weight is 552 g/mol. The molecule has 1 aromatic heterocycles. The van der Waals surface area contributed by atoms with Crippen LogP contribution < -0.4 is 20.7 Å². The Morgan fingerprint density at radius 3 is 2.39 bits per heavy atom. The molecule has 0 radical (unpaired) electrons. The summed E-state index contributed by atoms with van der Waals surface area (Å²) in [6.07, 6.45) is 5.52. The van der Waals surface area contributed by atoms with E-state index in [1.165, 1.54) is 43.8 Å². The van der Waals surface area contributed by atoms with E-state index in [1.54, 1.807) is 61.5 Å². The topological polar surface area (TPSA) is 139 Å². The third kappa shape index (κ3) is 8.54. The van der Waals surface area contributed by atoms with E-state index < -0.39 is 16.0 Å². The highest BCUT2D eigenvalue weighted by atomic mass is 32.2. The second-order valence-corrected chi connectivity index (χ2v) is 9.79. The van der Waals surface area contributed by atoms with Crippen molar-refractivity contribution in [2.24, 2.45) is 0 Å². The molecule has 4 N–H and O–H groups in total. The van der Waals surface area contributed by atoms with Crippen molar-refractivity contribution in [2.75, 3.05) is 22.5 Å². The van der Waals surface area contributed by atoms with Gasteiger partial charge in [0.05, 0.1) is 12.0 Å². The second-order valence-electron chi connectivity index (χ2n) is 7.70. The number of rotatable bonds is 10. The second kappa shape index (κ2) is 13.1. The van der Waals surface area contributed by atoms with Gasteiger partial charge in [-0.3, -0.25) is 9.52 Å². The number of ketones is 1. The first-order valence-corrected chi connectivity index (χ1v) is 13.0. The minimum Gasteiger partial charge on any atom is -0.466 e. The molecule has 0 saturated heterocycles. The number of sulfonamides is 1. The molecule has 3 aromatic rings. The van der Waals surface area contributed by atoms with Gasteiger partial charge >= 0.3 is 5.97 Å². The van der Waals surface area contributed by atoms with Gasteiger partial charge in [-0.05, 0) is 67.7 Å². The molecule has 0 aliphatic carbocycles. The number of hydrogen-bond donors (Lipinski definition) is 4. The number of nitrogens with one attached hydrogen (secondary N) is 4. The van der Waals surface area contributed by atoms with E-state index in [9.17, 15) is 18.0 Å². The number of benzene rings is 2. The SMILES string of the molecule is COC(=O)/C=C(/C)N/C=C/C(=O)c1cccc(NC(=S)Nc2ccc(S(=O)(=O)Nc3ccccn3)cc2)c1. The van der Waals surface area contributed by atoms with E-state index in [0.717, 1.165) is 0 Å². The lowest BCUT2D eigenvalue weighted by Gasteiger charge is -2.12. The molecule has 0 fully saturated rings. The van der Waals surface area contributed by atoms with Crippen molar-refractivity contribution in [3.8, 4) is 0 Å². The van der Waals surface area contributed by atoms with E-state index >= 15 is 0 Å². The summed E-state index contributed by atoms with van der Waals surface area (Å²) < 4.78 is 32.1. The standard InChI is InChI=1S/C26H25N5O5S2/c1-18(16-25(33)36-2)27-15-13-23(32)19-6-5-7-21(17-19)30-26(37)29-20-9-11-22(12-10-20)38(34,35)31-24-8-3-4-14-28-24/h3-17,27H,1-2H3,(H,28,31)(H2,29,30,37)/b15-13+,18-16-. The highest BCUT2D eigenvalue weighted by Gasteiger charge is 2.14. The Bertz CT molecular complexity index is 1470. The Hall–Kier alpha value is -4.55. The molecule has 0 aliphatic heterocycles. The molecule has 0 bridgehead atoms. The lowest BCUT2D eigenvalue weighted by molar-refractivity contribution is -0.134. The van der Waals surface area contributed by atoms with Crippen LogP contribution in [0.25, 0.3) is 0 Å². The van der Waals surface area contributed by atoms with E-state index in [4.69, 9.17) is 12.2 Å². The van der Waals surface area contributed by atoms with Crippen molar-refractivity contribution in [1.82, 2.24) is 10.3 Å². The average Bonchev–Trinajstić information content (AvgIpc) is 2.89. The van der Waals surface area contributed by atoms with Crippen LogP contribution in [-0.4, -0.2) is 37.4 Å². The molecule has 196 valence electrons. The molecule has 0 spiro atoms. The minimum atomic E-state index is -3.79. The minimum absolute atomic E-state index is 0.0670. The van der Waals surface area contributed by atoms with Crippen LogP contribution in [0.15, 0.2) is 102 Å². The summed E-state index contributed by atoms with van der Waals surface area (Å²) in [6.45, 7) is 1.66. The molecule has 0 aliphatic rings. The Morgan fingerprint density at radius 1 is 0.974 bits per heavy atom. The van der Waals surface area contributed by atoms with Crippen LogP contribution in [0, 0.1) is 0 Å². The van der Waals surface area contributed by atoms with Crippen molar-refractivity contribution in [3.05, 3.63) is 103 Å². The number of pyridine rings is 1. The molecule has 0 atom stereocenters. The van der Waals surface area contributed by atoms with E-state index in [0.29, 0.717) is 22.6 Å². The maximum Gasteiger partial charge on any atom is 0.332 e. The maximum atomic E-state index is 12.5. The number of thiocarbonyl (C=S) groups is 1. The number of methoxy groups -OCH3 is 1. The molecule has 1 heterocycles. The summed E-state index contributed by atoms with van der Waals surface area (Å²) in [6, 6.07) is 17.7. The van der Waals surface area contributed by atoms with Crippen molar-refractivity contribution in [2.45, 2.75) is 11.8 Å². The number of carbonyl (C=O) groups excluding carboxylic acids is 2. The van der Waals surface area contributed by atoms with Crippen LogP contribution in [-0.2, 0) is 19.6 Å². The van der Waals surface area contributed by atoms with Crippen LogP contribution in [0.1, 0.15) is 17.3 Å². The zero-order valence-corrected chi connectivity index (χ0v) is 22.1. The van der Waals surface area contributed by atoms with Crippen molar-refractivity contribution in [3.63, 3.8) is 0 Å².